The molecule has 6 rings (SSSR count). The molecule has 4 aromatic carbocycles. The topological polar surface area (TPSA) is 102 Å². The molecule has 192 valence electrons. The molecule has 0 unspecified atom stereocenters. The summed E-state index contributed by atoms with van der Waals surface area (Å²) in [6.07, 6.45) is 0. The van der Waals surface area contributed by atoms with E-state index in [1.54, 1.807) is 35.0 Å². The van der Waals surface area contributed by atoms with E-state index in [2.05, 4.69) is 41.3 Å². The van der Waals surface area contributed by atoms with E-state index in [0.29, 0.717) is 21.9 Å². The molecule has 0 radical (unpaired) electrons. The Kier molecular flexibility index (Phi) is 6.50. The third-order valence-corrected chi connectivity index (χ3v) is 6.30. The first kappa shape index (κ1) is 25.2. The predicted octanol–water partition coefficient (Wildman–Crippen LogP) is 6.51. The maximum absolute atomic E-state index is 10.7. The lowest BCUT2D eigenvalue weighted by molar-refractivity contribution is 0.440. The van der Waals surface area contributed by atoms with E-state index in [4.69, 9.17) is 11.6 Å². The van der Waals surface area contributed by atoms with Crippen molar-refractivity contribution < 1.29 is 10.2 Å². The average molecular weight is 527 g/mol. The standard InChI is InChI=1S/C17H18ClN3O.C12H9N3O/c1-10-7-12(17(2,3)4)16(22)15(8-10)21-19-13-6-5-11(18)9-14(13)20-21;16-12-8-4-3-7-11(12)15-10-6-2-1-5-9(10)13-14-15/h5-9,22H,1-4H3;1-8,16H. The number of aromatic hydroxyl groups is 2. The Balaban J connectivity index is 0.000000162. The molecule has 0 aliphatic carbocycles. The van der Waals surface area contributed by atoms with Crippen molar-refractivity contribution in [3.63, 3.8) is 0 Å². The fraction of sp³-hybridized carbons (Fsp3) is 0.172. The maximum Gasteiger partial charge on any atom is 0.146 e. The number of fused-ring (bicyclic) bond motifs is 2. The van der Waals surface area contributed by atoms with Gasteiger partial charge in [-0.1, -0.05) is 67.9 Å². The van der Waals surface area contributed by atoms with Gasteiger partial charge >= 0.3 is 0 Å². The zero-order valence-electron chi connectivity index (χ0n) is 21.5. The molecule has 2 heterocycles. The van der Waals surface area contributed by atoms with E-state index in [-0.39, 0.29) is 16.9 Å². The third kappa shape index (κ3) is 4.90. The zero-order chi connectivity index (χ0) is 27.0. The molecule has 0 bridgehead atoms. The number of nitrogens with zero attached hydrogens (tertiary/aromatic N) is 6. The number of benzene rings is 4. The second-order valence-electron chi connectivity index (χ2n) is 10.0. The minimum absolute atomic E-state index is 0.166. The number of phenols is 2. The van der Waals surface area contributed by atoms with E-state index >= 15 is 0 Å². The number of aromatic nitrogens is 6. The summed E-state index contributed by atoms with van der Waals surface area (Å²) in [7, 11) is 0. The van der Waals surface area contributed by atoms with Crippen LogP contribution in [0.5, 0.6) is 11.5 Å². The van der Waals surface area contributed by atoms with Gasteiger partial charge in [0.05, 0.1) is 5.52 Å². The highest BCUT2D eigenvalue weighted by atomic mass is 35.5. The van der Waals surface area contributed by atoms with Gasteiger partial charge in [-0.05, 0) is 66.4 Å². The van der Waals surface area contributed by atoms with E-state index in [1.807, 2.05) is 55.5 Å². The van der Waals surface area contributed by atoms with Crippen LogP contribution in [0.4, 0.5) is 0 Å². The Bertz CT molecular complexity index is 1770. The van der Waals surface area contributed by atoms with Gasteiger partial charge in [-0.2, -0.15) is 0 Å². The van der Waals surface area contributed by atoms with E-state index in [1.165, 1.54) is 4.80 Å². The lowest BCUT2D eigenvalue weighted by Gasteiger charge is -2.22. The highest BCUT2D eigenvalue weighted by Crippen LogP contribution is 2.36. The van der Waals surface area contributed by atoms with Crippen LogP contribution in [0.2, 0.25) is 5.02 Å². The lowest BCUT2D eigenvalue weighted by atomic mass is 9.85. The Morgan fingerprint density at radius 2 is 1.47 bits per heavy atom. The van der Waals surface area contributed by atoms with Crippen molar-refractivity contribution in [1.82, 2.24) is 30.0 Å². The van der Waals surface area contributed by atoms with Gasteiger partial charge in [-0.3, -0.25) is 0 Å². The van der Waals surface area contributed by atoms with Crippen LogP contribution in [0.25, 0.3) is 33.4 Å². The molecule has 2 aromatic heterocycles. The van der Waals surface area contributed by atoms with Crippen LogP contribution in [0.15, 0.2) is 78.9 Å². The normalized spacial score (nSPS) is 11.5. The number of para-hydroxylation sites is 3. The SMILES string of the molecule is Cc1cc(-n2nc3ccc(Cl)cc3n2)c(O)c(C(C)(C)C)c1.Oc1ccccc1-n1nnc2ccccc21. The summed E-state index contributed by atoms with van der Waals surface area (Å²) in [6.45, 7) is 8.20. The molecule has 38 heavy (non-hydrogen) atoms. The van der Waals surface area contributed by atoms with Crippen molar-refractivity contribution in [2.75, 3.05) is 0 Å². The highest BCUT2D eigenvalue weighted by Gasteiger charge is 2.22. The number of halogens is 1. The van der Waals surface area contributed by atoms with Crippen LogP contribution in [0, 0.1) is 6.92 Å². The molecule has 8 nitrogen and oxygen atoms in total. The van der Waals surface area contributed by atoms with E-state index in [9.17, 15) is 10.2 Å². The molecule has 0 saturated heterocycles. The molecule has 0 saturated carbocycles. The Morgan fingerprint density at radius 3 is 2.24 bits per heavy atom. The van der Waals surface area contributed by atoms with Crippen LogP contribution in [-0.4, -0.2) is 40.2 Å². The molecule has 0 atom stereocenters. The van der Waals surface area contributed by atoms with Gasteiger partial charge in [0.1, 0.15) is 39.4 Å². The Morgan fingerprint density at radius 1 is 0.763 bits per heavy atom. The lowest BCUT2D eigenvalue weighted by Crippen LogP contribution is -2.13. The van der Waals surface area contributed by atoms with Gasteiger partial charge in [0.2, 0.25) is 0 Å². The summed E-state index contributed by atoms with van der Waals surface area (Å²) in [6, 6.07) is 23.9. The fourth-order valence-corrected chi connectivity index (χ4v) is 4.34. The molecule has 6 aromatic rings. The zero-order valence-corrected chi connectivity index (χ0v) is 22.2. The van der Waals surface area contributed by atoms with E-state index in [0.717, 1.165) is 27.7 Å². The number of aryl methyl sites for hydroxylation is 1. The molecule has 0 amide bonds. The first-order valence-corrected chi connectivity index (χ1v) is 12.5. The molecule has 0 fully saturated rings. The second kappa shape index (κ2) is 9.79. The second-order valence-corrected chi connectivity index (χ2v) is 10.5. The quantitative estimate of drug-likeness (QED) is 0.266. The van der Waals surface area contributed by atoms with Crippen LogP contribution in [0.1, 0.15) is 31.9 Å². The molecule has 9 heteroatoms. The largest absolute Gasteiger partial charge is 0.506 e. The van der Waals surface area contributed by atoms with Gasteiger partial charge in [0, 0.05) is 10.6 Å². The maximum atomic E-state index is 10.7. The summed E-state index contributed by atoms with van der Waals surface area (Å²) in [5.74, 6) is 0.405. The summed E-state index contributed by atoms with van der Waals surface area (Å²) in [4.78, 5) is 1.47. The minimum Gasteiger partial charge on any atom is -0.506 e. The van der Waals surface area contributed by atoms with Crippen molar-refractivity contribution in [2.45, 2.75) is 33.1 Å². The molecule has 0 aliphatic heterocycles. The third-order valence-electron chi connectivity index (χ3n) is 6.06. The Hall–Kier alpha value is -4.43. The first-order chi connectivity index (χ1) is 18.1. The van der Waals surface area contributed by atoms with Gasteiger partial charge in [0.15, 0.2) is 0 Å². The number of rotatable bonds is 2. The van der Waals surface area contributed by atoms with Crippen molar-refractivity contribution in [2.24, 2.45) is 0 Å². The molecular weight excluding hydrogens is 500 g/mol. The van der Waals surface area contributed by atoms with Crippen LogP contribution in [-0.2, 0) is 5.41 Å². The predicted molar refractivity (Wildman–Crippen MR) is 150 cm³/mol. The van der Waals surface area contributed by atoms with Gasteiger partial charge < -0.3 is 10.2 Å². The number of hydrogen-bond donors (Lipinski definition) is 2. The van der Waals surface area contributed by atoms with Crippen molar-refractivity contribution >= 4 is 33.7 Å². The van der Waals surface area contributed by atoms with Gasteiger partial charge in [-0.15, -0.1) is 20.1 Å². The summed E-state index contributed by atoms with van der Waals surface area (Å²) >= 11 is 5.99. The summed E-state index contributed by atoms with van der Waals surface area (Å²) in [5, 5.41) is 38.0. The fourth-order valence-electron chi connectivity index (χ4n) is 4.17. The average Bonchev–Trinajstić information content (AvgIpc) is 3.49. The monoisotopic (exact) mass is 526 g/mol. The minimum atomic E-state index is -0.166. The molecule has 0 aliphatic rings. The Labute approximate surface area is 224 Å². The number of hydrogen-bond acceptors (Lipinski definition) is 6. The molecule has 0 spiro atoms. The number of phenolic OH excluding ortho intramolecular Hbond substituents is 2. The van der Waals surface area contributed by atoms with Gasteiger partial charge in [-0.25, -0.2) is 4.68 Å². The summed E-state index contributed by atoms with van der Waals surface area (Å²) in [5.41, 5.74) is 6.11. The smallest absolute Gasteiger partial charge is 0.146 e. The van der Waals surface area contributed by atoms with Gasteiger partial charge in [0.25, 0.3) is 0 Å². The first-order valence-electron chi connectivity index (χ1n) is 12.1. The molecule has 2 N–H and O–H groups in total. The summed E-state index contributed by atoms with van der Waals surface area (Å²) < 4.78 is 1.63. The van der Waals surface area contributed by atoms with Crippen LogP contribution in [0.3, 0.4) is 0 Å². The van der Waals surface area contributed by atoms with Crippen LogP contribution < -0.4 is 0 Å². The highest BCUT2D eigenvalue weighted by molar-refractivity contribution is 6.31. The molecular formula is C29H27ClN6O2. The van der Waals surface area contributed by atoms with Crippen molar-refractivity contribution in [1.29, 1.82) is 0 Å². The van der Waals surface area contributed by atoms with Crippen molar-refractivity contribution in [3.8, 4) is 22.9 Å². The van der Waals surface area contributed by atoms with Crippen molar-refractivity contribution in [3.05, 3.63) is 95.0 Å². The van der Waals surface area contributed by atoms with E-state index < -0.39 is 0 Å². The van der Waals surface area contributed by atoms with Crippen LogP contribution >= 0.6 is 11.6 Å².